The maximum absolute atomic E-state index is 12.6. The van der Waals surface area contributed by atoms with Gasteiger partial charge < -0.3 is 15.1 Å². The van der Waals surface area contributed by atoms with Gasteiger partial charge in [0.2, 0.25) is 0 Å². The second-order valence-electron chi connectivity index (χ2n) is 5.63. The lowest BCUT2D eigenvalue weighted by atomic mass is 9.95. The third kappa shape index (κ3) is 3.23. The topological polar surface area (TPSA) is 77.8 Å². The molecule has 6 heteroatoms. The molecule has 1 fully saturated rings. The average Bonchev–Trinajstić information content (AvgIpc) is 2.88. The van der Waals surface area contributed by atoms with Crippen molar-refractivity contribution in [3.63, 3.8) is 0 Å². The Hall–Kier alpha value is -2.44. The molecule has 0 radical (unpaired) electrons. The number of Topliss-reactive ketones (excluding diaryl/α,β-unsaturated/α-hetero) is 1. The van der Waals surface area contributed by atoms with Crippen molar-refractivity contribution >= 4 is 33.4 Å². The third-order valence-corrected chi connectivity index (χ3v) is 4.64. The van der Waals surface area contributed by atoms with Gasteiger partial charge in [0.15, 0.2) is 0 Å². The number of likely N-dealkylation sites (tertiary alicyclic amines) is 1. The second kappa shape index (κ2) is 7.21. The van der Waals surface area contributed by atoms with Crippen LogP contribution in [0.15, 0.2) is 64.6 Å². The molecule has 2 aromatic carbocycles. The van der Waals surface area contributed by atoms with Gasteiger partial charge in [0.05, 0.1) is 18.2 Å². The average molecular weight is 402 g/mol. The van der Waals surface area contributed by atoms with Crippen molar-refractivity contribution < 1.29 is 19.8 Å². The molecule has 1 aliphatic rings. The highest BCUT2D eigenvalue weighted by molar-refractivity contribution is 9.10. The van der Waals surface area contributed by atoms with Crippen LogP contribution in [0.3, 0.4) is 0 Å². The van der Waals surface area contributed by atoms with E-state index in [2.05, 4.69) is 15.9 Å². The molecule has 25 heavy (non-hydrogen) atoms. The first kappa shape index (κ1) is 17.4. The highest BCUT2D eigenvalue weighted by Gasteiger charge is 2.45. The molecule has 5 nitrogen and oxygen atoms in total. The molecule has 2 N–H and O–H groups in total. The molecule has 0 unspecified atom stereocenters. The van der Waals surface area contributed by atoms with Crippen molar-refractivity contribution in [3.05, 3.63) is 75.8 Å². The van der Waals surface area contributed by atoms with Gasteiger partial charge in [0, 0.05) is 16.6 Å². The lowest BCUT2D eigenvalue weighted by Gasteiger charge is -2.24. The molecule has 1 amide bonds. The van der Waals surface area contributed by atoms with E-state index in [0.717, 1.165) is 4.47 Å². The van der Waals surface area contributed by atoms with E-state index in [1.165, 1.54) is 4.90 Å². The number of hydrogen-bond acceptors (Lipinski definition) is 4. The van der Waals surface area contributed by atoms with Crippen molar-refractivity contribution in [2.75, 3.05) is 13.2 Å². The van der Waals surface area contributed by atoms with Crippen molar-refractivity contribution in [2.24, 2.45) is 0 Å². The van der Waals surface area contributed by atoms with E-state index in [9.17, 15) is 19.8 Å². The summed E-state index contributed by atoms with van der Waals surface area (Å²) in [4.78, 5) is 26.2. The predicted octanol–water partition coefficient (Wildman–Crippen LogP) is 2.86. The summed E-state index contributed by atoms with van der Waals surface area (Å²) in [5.74, 6) is -1.69. The van der Waals surface area contributed by atoms with E-state index < -0.39 is 17.7 Å². The number of hydrogen-bond donors (Lipinski definition) is 2. The Labute approximate surface area is 153 Å². The van der Waals surface area contributed by atoms with E-state index in [4.69, 9.17) is 0 Å². The molecular weight excluding hydrogens is 386 g/mol. The van der Waals surface area contributed by atoms with E-state index in [1.54, 1.807) is 48.5 Å². The van der Waals surface area contributed by atoms with Gasteiger partial charge in [-0.3, -0.25) is 9.59 Å². The van der Waals surface area contributed by atoms with Crippen molar-refractivity contribution in [1.29, 1.82) is 0 Å². The summed E-state index contributed by atoms with van der Waals surface area (Å²) in [5.41, 5.74) is 1.19. The monoisotopic (exact) mass is 401 g/mol. The van der Waals surface area contributed by atoms with Gasteiger partial charge in [0.25, 0.3) is 11.7 Å². The number of rotatable bonds is 4. The van der Waals surface area contributed by atoms with E-state index in [0.29, 0.717) is 11.1 Å². The Morgan fingerprint density at radius 1 is 1.04 bits per heavy atom. The summed E-state index contributed by atoms with van der Waals surface area (Å²) < 4.78 is 0.837. The normalized spacial score (nSPS) is 19.4. The van der Waals surface area contributed by atoms with Gasteiger partial charge >= 0.3 is 0 Å². The quantitative estimate of drug-likeness (QED) is 0.469. The number of aliphatic hydroxyl groups is 2. The van der Waals surface area contributed by atoms with Crippen LogP contribution < -0.4 is 0 Å². The van der Waals surface area contributed by atoms with Gasteiger partial charge in [0.1, 0.15) is 5.76 Å². The molecule has 0 aliphatic carbocycles. The Balaban J connectivity index is 2.17. The van der Waals surface area contributed by atoms with Gasteiger partial charge in [-0.05, 0) is 17.7 Å². The van der Waals surface area contributed by atoms with E-state index >= 15 is 0 Å². The Kier molecular flexibility index (Phi) is 5.01. The zero-order valence-electron chi connectivity index (χ0n) is 13.2. The fourth-order valence-corrected chi connectivity index (χ4v) is 3.23. The molecule has 128 valence electrons. The number of β-amino-alcohol motifs (C(OH)–C–C–N with tert-alkyl or cyclic N) is 1. The van der Waals surface area contributed by atoms with Crippen LogP contribution in [0.1, 0.15) is 17.2 Å². The van der Waals surface area contributed by atoms with Gasteiger partial charge in [-0.15, -0.1) is 0 Å². The first-order valence-electron chi connectivity index (χ1n) is 7.74. The van der Waals surface area contributed by atoms with Crippen LogP contribution in [-0.4, -0.2) is 40.0 Å². The van der Waals surface area contributed by atoms with E-state index in [1.807, 2.05) is 6.07 Å². The summed E-state index contributed by atoms with van der Waals surface area (Å²) in [5, 5.41) is 20.0. The maximum Gasteiger partial charge on any atom is 0.295 e. The molecule has 0 saturated carbocycles. The molecule has 1 saturated heterocycles. The van der Waals surface area contributed by atoms with Crippen LogP contribution in [0.25, 0.3) is 5.76 Å². The second-order valence-corrected chi connectivity index (χ2v) is 6.55. The summed E-state index contributed by atoms with van der Waals surface area (Å²) in [6.45, 7) is -0.254. The number of ketones is 1. The zero-order chi connectivity index (χ0) is 18.0. The number of carbonyl (C=O) groups is 2. The standard InChI is InChI=1S/C19H16BrNO4/c20-14-8-6-13(7-9-14)17(23)15-16(12-4-2-1-3-5-12)21(10-11-22)19(25)18(15)24/h1-9,16,22-23H,10-11H2/t16-/m1/s1. The predicted molar refractivity (Wildman–Crippen MR) is 96.7 cm³/mol. The molecule has 0 spiro atoms. The third-order valence-electron chi connectivity index (χ3n) is 4.11. The minimum Gasteiger partial charge on any atom is -0.507 e. The van der Waals surface area contributed by atoms with Crippen LogP contribution >= 0.6 is 15.9 Å². The first-order chi connectivity index (χ1) is 12.0. The van der Waals surface area contributed by atoms with Crippen LogP contribution in [-0.2, 0) is 9.59 Å². The number of halogens is 1. The number of amides is 1. The van der Waals surface area contributed by atoms with Crippen molar-refractivity contribution in [2.45, 2.75) is 6.04 Å². The summed E-state index contributed by atoms with van der Waals surface area (Å²) in [6.07, 6.45) is 0. The summed E-state index contributed by atoms with van der Waals surface area (Å²) in [7, 11) is 0. The summed E-state index contributed by atoms with van der Waals surface area (Å²) in [6, 6.07) is 15.1. The Morgan fingerprint density at radius 3 is 2.28 bits per heavy atom. The molecule has 0 bridgehead atoms. The number of benzene rings is 2. The lowest BCUT2D eigenvalue weighted by Crippen LogP contribution is -2.32. The maximum atomic E-state index is 12.6. The summed E-state index contributed by atoms with van der Waals surface area (Å²) >= 11 is 3.32. The first-order valence-corrected chi connectivity index (χ1v) is 8.54. The number of carbonyl (C=O) groups excluding carboxylic acids is 2. The number of aliphatic hydroxyl groups excluding tert-OH is 2. The largest absolute Gasteiger partial charge is 0.507 e. The van der Waals surface area contributed by atoms with Gasteiger partial charge in [-0.2, -0.15) is 0 Å². The fraction of sp³-hybridized carbons (Fsp3) is 0.158. The van der Waals surface area contributed by atoms with Crippen molar-refractivity contribution in [1.82, 2.24) is 4.90 Å². The van der Waals surface area contributed by atoms with Crippen LogP contribution in [0.2, 0.25) is 0 Å². The number of nitrogens with zero attached hydrogens (tertiary/aromatic N) is 1. The highest BCUT2D eigenvalue weighted by atomic mass is 79.9. The Bertz CT molecular complexity index is 830. The lowest BCUT2D eigenvalue weighted by molar-refractivity contribution is -0.140. The molecule has 1 aliphatic heterocycles. The van der Waals surface area contributed by atoms with Crippen LogP contribution in [0, 0.1) is 0 Å². The molecular formula is C19H16BrNO4. The fourth-order valence-electron chi connectivity index (χ4n) is 2.96. The Morgan fingerprint density at radius 2 is 1.68 bits per heavy atom. The van der Waals surface area contributed by atoms with Crippen LogP contribution in [0.5, 0.6) is 0 Å². The smallest absolute Gasteiger partial charge is 0.295 e. The van der Waals surface area contributed by atoms with Crippen LogP contribution in [0.4, 0.5) is 0 Å². The molecule has 0 aromatic heterocycles. The molecule has 3 rings (SSSR count). The minimum atomic E-state index is -0.747. The van der Waals surface area contributed by atoms with Gasteiger partial charge in [-0.1, -0.05) is 58.4 Å². The van der Waals surface area contributed by atoms with E-state index in [-0.39, 0.29) is 24.5 Å². The highest BCUT2D eigenvalue weighted by Crippen LogP contribution is 2.39. The SMILES string of the molecule is O=C1C(=O)N(CCO)[C@H](c2ccccc2)C1=C(O)c1ccc(Br)cc1. The minimum absolute atomic E-state index is 0.0151. The molecule has 1 heterocycles. The molecule has 2 aromatic rings. The zero-order valence-corrected chi connectivity index (χ0v) is 14.8. The van der Waals surface area contributed by atoms with Gasteiger partial charge in [-0.25, -0.2) is 0 Å². The molecule has 1 atom stereocenters. The van der Waals surface area contributed by atoms with Crippen molar-refractivity contribution in [3.8, 4) is 0 Å².